The van der Waals surface area contributed by atoms with Crippen LogP contribution in [0.3, 0.4) is 0 Å². The third kappa shape index (κ3) is 1.80. The Balaban J connectivity index is 0.000000605. The molecule has 0 fully saturated rings. The predicted octanol–water partition coefficient (Wildman–Crippen LogP) is 2.46. The van der Waals surface area contributed by atoms with Crippen molar-refractivity contribution in [2.45, 2.75) is 0 Å². The van der Waals surface area contributed by atoms with Gasteiger partial charge < -0.3 is 0 Å². The number of benzene rings is 2. The minimum absolute atomic E-state index is 0. The van der Waals surface area contributed by atoms with Crippen LogP contribution >= 0.6 is 0 Å². The largest absolute Gasteiger partial charge is 0.0616 e. The molecule has 0 amide bonds. The van der Waals surface area contributed by atoms with Gasteiger partial charge in [-0.15, -0.1) is 0 Å². The van der Waals surface area contributed by atoms with Crippen molar-refractivity contribution in [2.75, 3.05) is 0 Å². The van der Waals surface area contributed by atoms with Gasteiger partial charge >= 0.3 is 0 Å². The number of hydrogen-bond acceptors (Lipinski definition) is 0. The van der Waals surface area contributed by atoms with E-state index in [1.807, 2.05) is 0 Å². The first kappa shape index (κ1) is 8.72. The van der Waals surface area contributed by atoms with E-state index in [4.69, 9.17) is 0 Å². The van der Waals surface area contributed by atoms with Crippen LogP contribution in [0.25, 0.3) is 10.8 Å². The maximum Gasteiger partial charge on any atom is 0 e. The van der Waals surface area contributed by atoms with Crippen LogP contribution in [-0.4, -0.2) is 27.3 Å². The molecule has 52 valence electrons. The third-order valence-corrected chi connectivity index (χ3v) is 1.66. The zero-order valence-corrected chi connectivity index (χ0v) is 10.0. The summed E-state index contributed by atoms with van der Waals surface area (Å²) < 4.78 is 0. The predicted molar refractivity (Wildman–Crippen MR) is 49.7 cm³/mol. The van der Waals surface area contributed by atoms with Gasteiger partial charge in [0.1, 0.15) is 0 Å². The molecule has 0 nitrogen and oxygen atoms in total. The molecular formula is C10H8Pb. The molecule has 0 saturated carbocycles. The van der Waals surface area contributed by atoms with Crippen molar-refractivity contribution in [3.05, 3.63) is 48.5 Å². The van der Waals surface area contributed by atoms with Gasteiger partial charge in [-0.3, -0.25) is 0 Å². The maximum absolute atomic E-state index is 2.12. The van der Waals surface area contributed by atoms with Crippen LogP contribution in [0.15, 0.2) is 48.5 Å². The third-order valence-electron chi connectivity index (χ3n) is 1.66. The molecule has 0 aliphatic rings. The standard InChI is InChI=1S/C10H8.Pb/c1-2-6-10-8-4-3-7-9(10)5-1;/h1-8H;. The molecule has 2 rings (SSSR count). The van der Waals surface area contributed by atoms with Gasteiger partial charge in [0.2, 0.25) is 0 Å². The van der Waals surface area contributed by atoms with E-state index in [0.29, 0.717) is 0 Å². The Morgan fingerprint density at radius 3 is 1.09 bits per heavy atom. The summed E-state index contributed by atoms with van der Waals surface area (Å²) in [6.07, 6.45) is 0. The summed E-state index contributed by atoms with van der Waals surface area (Å²) in [5, 5.41) is 2.62. The molecule has 2 aromatic carbocycles. The first-order valence-electron chi connectivity index (χ1n) is 3.40. The molecule has 2 aromatic rings. The maximum atomic E-state index is 2.12. The Bertz CT molecular complexity index is 276. The van der Waals surface area contributed by atoms with Crippen LogP contribution in [0.2, 0.25) is 0 Å². The van der Waals surface area contributed by atoms with Crippen molar-refractivity contribution in [3.8, 4) is 0 Å². The SMILES string of the molecule is [Pb].c1ccc2ccccc2c1. The first-order chi connectivity index (χ1) is 4.97. The van der Waals surface area contributed by atoms with Crippen LogP contribution in [0.1, 0.15) is 0 Å². The van der Waals surface area contributed by atoms with Crippen LogP contribution in [0.5, 0.6) is 0 Å². The molecular weight excluding hydrogens is 327 g/mol. The summed E-state index contributed by atoms with van der Waals surface area (Å²) in [5.41, 5.74) is 0. The number of fused-ring (bicyclic) bond motifs is 1. The number of hydrogen-bond donors (Lipinski definition) is 0. The van der Waals surface area contributed by atoms with E-state index in [1.54, 1.807) is 0 Å². The monoisotopic (exact) mass is 336 g/mol. The fourth-order valence-corrected chi connectivity index (χ4v) is 1.13. The summed E-state index contributed by atoms with van der Waals surface area (Å²) in [7, 11) is 0. The molecule has 0 heterocycles. The van der Waals surface area contributed by atoms with Gasteiger partial charge in [0.25, 0.3) is 0 Å². The van der Waals surface area contributed by atoms with Gasteiger partial charge in [0.05, 0.1) is 0 Å². The molecule has 0 bridgehead atoms. The van der Waals surface area contributed by atoms with E-state index in [-0.39, 0.29) is 27.3 Å². The second-order valence-electron chi connectivity index (χ2n) is 2.35. The average Bonchev–Trinajstić information content (AvgIpc) is 2.05. The summed E-state index contributed by atoms with van der Waals surface area (Å²) in [6, 6.07) is 16.7. The van der Waals surface area contributed by atoms with Crippen molar-refractivity contribution in [3.63, 3.8) is 0 Å². The number of rotatable bonds is 0. The van der Waals surface area contributed by atoms with E-state index in [0.717, 1.165) is 0 Å². The van der Waals surface area contributed by atoms with E-state index in [2.05, 4.69) is 48.5 Å². The fraction of sp³-hybridized carbons (Fsp3) is 0. The Hall–Kier alpha value is -0.378. The molecule has 11 heavy (non-hydrogen) atoms. The summed E-state index contributed by atoms with van der Waals surface area (Å²) in [5.74, 6) is 0. The molecule has 0 atom stereocenters. The van der Waals surface area contributed by atoms with Gasteiger partial charge in [0.15, 0.2) is 0 Å². The van der Waals surface area contributed by atoms with Crippen molar-refractivity contribution < 1.29 is 0 Å². The van der Waals surface area contributed by atoms with E-state index in [9.17, 15) is 0 Å². The van der Waals surface area contributed by atoms with Crippen molar-refractivity contribution in [1.82, 2.24) is 0 Å². The minimum Gasteiger partial charge on any atom is -0.0616 e. The molecule has 0 aliphatic carbocycles. The van der Waals surface area contributed by atoms with Gasteiger partial charge in [-0.2, -0.15) is 0 Å². The van der Waals surface area contributed by atoms with Gasteiger partial charge in [-0.1, -0.05) is 48.5 Å². The minimum atomic E-state index is 0. The Morgan fingerprint density at radius 2 is 0.818 bits per heavy atom. The molecule has 0 saturated heterocycles. The first-order valence-corrected chi connectivity index (χ1v) is 3.40. The zero-order valence-electron chi connectivity index (χ0n) is 6.12. The molecule has 1 heteroatoms. The Morgan fingerprint density at radius 1 is 0.545 bits per heavy atom. The molecule has 4 radical (unpaired) electrons. The summed E-state index contributed by atoms with van der Waals surface area (Å²) >= 11 is 0. The summed E-state index contributed by atoms with van der Waals surface area (Å²) in [6.45, 7) is 0. The second kappa shape index (κ2) is 3.85. The Kier molecular flexibility index (Phi) is 3.05. The van der Waals surface area contributed by atoms with Crippen LogP contribution in [0, 0.1) is 0 Å². The van der Waals surface area contributed by atoms with Crippen molar-refractivity contribution in [1.29, 1.82) is 0 Å². The molecule has 0 unspecified atom stereocenters. The van der Waals surface area contributed by atoms with Crippen LogP contribution < -0.4 is 0 Å². The van der Waals surface area contributed by atoms with Crippen LogP contribution in [0.4, 0.5) is 0 Å². The zero-order chi connectivity index (χ0) is 6.81. The normalized spacial score (nSPS) is 9.09. The van der Waals surface area contributed by atoms with Crippen molar-refractivity contribution >= 4 is 38.1 Å². The molecule has 0 aliphatic heterocycles. The molecule has 0 aromatic heterocycles. The van der Waals surface area contributed by atoms with E-state index < -0.39 is 0 Å². The van der Waals surface area contributed by atoms with Crippen molar-refractivity contribution in [2.24, 2.45) is 0 Å². The smallest absolute Gasteiger partial charge is 0 e. The summed E-state index contributed by atoms with van der Waals surface area (Å²) in [4.78, 5) is 0. The second-order valence-corrected chi connectivity index (χ2v) is 2.35. The van der Waals surface area contributed by atoms with Gasteiger partial charge in [0, 0.05) is 27.3 Å². The molecule has 0 spiro atoms. The topological polar surface area (TPSA) is 0 Å². The van der Waals surface area contributed by atoms with Crippen LogP contribution in [-0.2, 0) is 0 Å². The fourth-order valence-electron chi connectivity index (χ4n) is 1.13. The van der Waals surface area contributed by atoms with Gasteiger partial charge in [-0.05, 0) is 10.8 Å². The quantitative estimate of drug-likeness (QED) is 0.649. The van der Waals surface area contributed by atoms with E-state index >= 15 is 0 Å². The van der Waals surface area contributed by atoms with Gasteiger partial charge in [-0.25, -0.2) is 0 Å². The molecule has 0 N–H and O–H groups in total. The van der Waals surface area contributed by atoms with E-state index in [1.165, 1.54) is 10.8 Å². The Labute approximate surface area is 86.4 Å². The average molecular weight is 335 g/mol.